The fourth-order valence-corrected chi connectivity index (χ4v) is 2.07. The third-order valence-corrected chi connectivity index (χ3v) is 3.39. The lowest BCUT2D eigenvalue weighted by atomic mass is 10.1. The van der Waals surface area contributed by atoms with E-state index in [1.165, 1.54) is 11.1 Å². The minimum atomic E-state index is 0.739. The van der Waals surface area contributed by atoms with Crippen LogP contribution in [0.4, 0.5) is 0 Å². The second-order valence-electron chi connectivity index (χ2n) is 4.81. The minimum Gasteiger partial charge on any atom is -0.497 e. The molecule has 0 N–H and O–H groups in total. The summed E-state index contributed by atoms with van der Waals surface area (Å²) in [5, 5.41) is 0. The first kappa shape index (κ1) is 15.4. The van der Waals surface area contributed by atoms with Gasteiger partial charge in [0.25, 0.3) is 0 Å². The minimum absolute atomic E-state index is 0.739. The molecule has 2 aromatic carbocycles. The van der Waals surface area contributed by atoms with E-state index < -0.39 is 0 Å². The highest BCUT2D eigenvalue weighted by Crippen LogP contribution is 2.13. The predicted molar refractivity (Wildman–Crippen MR) is 84.2 cm³/mol. The van der Waals surface area contributed by atoms with Gasteiger partial charge in [-0.25, -0.2) is 0 Å². The lowest BCUT2D eigenvalue weighted by Gasteiger charge is -2.06. The van der Waals surface area contributed by atoms with E-state index in [9.17, 15) is 0 Å². The summed E-state index contributed by atoms with van der Waals surface area (Å²) in [6.07, 6.45) is 1.85. The quantitative estimate of drug-likeness (QED) is 0.695. The third kappa shape index (κ3) is 5.12. The van der Waals surface area contributed by atoms with Crippen LogP contribution in [0, 0.1) is 0 Å². The summed E-state index contributed by atoms with van der Waals surface area (Å²) in [5.41, 5.74) is 2.53. The van der Waals surface area contributed by atoms with E-state index in [1.54, 1.807) is 14.2 Å². The van der Waals surface area contributed by atoms with Gasteiger partial charge in [0, 0.05) is 0 Å². The summed E-state index contributed by atoms with van der Waals surface area (Å²) in [7, 11) is 3.36. The highest BCUT2D eigenvalue weighted by Gasteiger charge is 1.97. The molecule has 0 heterocycles. The molecular weight excluding hydrogens is 264 g/mol. The second-order valence-corrected chi connectivity index (χ2v) is 4.81. The Balaban J connectivity index is 1.64. The van der Waals surface area contributed by atoms with Crippen molar-refractivity contribution in [2.24, 2.45) is 0 Å². The largest absolute Gasteiger partial charge is 0.497 e. The van der Waals surface area contributed by atoms with Crippen LogP contribution in [0.3, 0.4) is 0 Å². The second kappa shape index (κ2) is 8.32. The summed E-state index contributed by atoms with van der Waals surface area (Å²) in [6.45, 7) is 1.48. The van der Waals surface area contributed by atoms with E-state index >= 15 is 0 Å². The molecule has 0 saturated heterocycles. The predicted octanol–water partition coefficient (Wildman–Crippen LogP) is 3.51. The molecule has 0 radical (unpaired) electrons. The van der Waals surface area contributed by atoms with Crippen LogP contribution in [0.5, 0.6) is 11.5 Å². The Morgan fingerprint density at radius 2 is 1.00 bits per heavy atom. The Morgan fingerprint density at radius 3 is 1.33 bits per heavy atom. The maximum atomic E-state index is 5.69. The Hall–Kier alpha value is -2.00. The van der Waals surface area contributed by atoms with Gasteiger partial charge in [0.05, 0.1) is 27.4 Å². The number of hydrogen-bond donors (Lipinski definition) is 0. The van der Waals surface area contributed by atoms with Crippen molar-refractivity contribution in [3.63, 3.8) is 0 Å². The van der Waals surface area contributed by atoms with Crippen LogP contribution in [-0.2, 0) is 17.6 Å². The van der Waals surface area contributed by atoms with Gasteiger partial charge in [-0.3, -0.25) is 0 Å². The summed E-state index contributed by atoms with van der Waals surface area (Å²) in [4.78, 5) is 0. The SMILES string of the molecule is COc1ccc(CCOCCc2ccc(OC)cc2)cc1. The van der Waals surface area contributed by atoms with E-state index in [2.05, 4.69) is 24.3 Å². The number of rotatable bonds is 8. The van der Waals surface area contributed by atoms with Gasteiger partial charge < -0.3 is 14.2 Å². The summed E-state index contributed by atoms with van der Waals surface area (Å²) < 4.78 is 16.0. The summed E-state index contributed by atoms with van der Waals surface area (Å²) >= 11 is 0. The maximum absolute atomic E-state index is 5.69. The highest BCUT2D eigenvalue weighted by molar-refractivity contribution is 5.28. The number of benzene rings is 2. The molecule has 0 aliphatic carbocycles. The molecule has 0 aliphatic rings. The average molecular weight is 286 g/mol. The zero-order valence-electron chi connectivity index (χ0n) is 12.7. The molecule has 2 aromatic rings. The fraction of sp³-hybridized carbons (Fsp3) is 0.333. The van der Waals surface area contributed by atoms with Crippen molar-refractivity contribution in [2.45, 2.75) is 12.8 Å². The molecule has 0 aromatic heterocycles. The van der Waals surface area contributed by atoms with Gasteiger partial charge in [0.2, 0.25) is 0 Å². The van der Waals surface area contributed by atoms with Crippen LogP contribution in [0.15, 0.2) is 48.5 Å². The van der Waals surface area contributed by atoms with Crippen molar-refractivity contribution in [3.8, 4) is 11.5 Å². The number of methoxy groups -OCH3 is 2. The fourth-order valence-electron chi connectivity index (χ4n) is 2.07. The van der Waals surface area contributed by atoms with Crippen LogP contribution in [0.25, 0.3) is 0 Å². The van der Waals surface area contributed by atoms with E-state index in [-0.39, 0.29) is 0 Å². The molecule has 21 heavy (non-hydrogen) atoms. The molecule has 2 rings (SSSR count). The van der Waals surface area contributed by atoms with Crippen LogP contribution in [0.1, 0.15) is 11.1 Å². The molecule has 0 aliphatic heterocycles. The highest BCUT2D eigenvalue weighted by atomic mass is 16.5. The van der Waals surface area contributed by atoms with Crippen LogP contribution < -0.4 is 9.47 Å². The van der Waals surface area contributed by atoms with Crippen LogP contribution in [-0.4, -0.2) is 27.4 Å². The topological polar surface area (TPSA) is 27.7 Å². The van der Waals surface area contributed by atoms with Gasteiger partial charge in [-0.05, 0) is 48.2 Å². The molecule has 0 atom stereocenters. The van der Waals surface area contributed by atoms with Crippen molar-refractivity contribution in [3.05, 3.63) is 59.7 Å². The lowest BCUT2D eigenvalue weighted by molar-refractivity contribution is 0.140. The van der Waals surface area contributed by atoms with Crippen molar-refractivity contribution in [1.82, 2.24) is 0 Å². The Kier molecular flexibility index (Phi) is 6.10. The average Bonchev–Trinajstić information content (AvgIpc) is 2.55. The normalized spacial score (nSPS) is 10.4. The molecule has 3 heteroatoms. The molecule has 0 bridgehead atoms. The first-order chi connectivity index (χ1) is 10.3. The van der Waals surface area contributed by atoms with Gasteiger partial charge in [-0.2, -0.15) is 0 Å². The molecule has 0 spiro atoms. The van der Waals surface area contributed by atoms with E-state index in [0.29, 0.717) is 0 Å². The van der Waals surface area contributed by atoms with Gasteiger partial charge in [0.15, 0.2) is 0 Å². The third-order valence-electron chi connectivity index (χ3n) is 3.39. The van der Waals surface area contributed by atoms with Crippen LogP contribution in [0.2, 0.25) is 0 Å². The van der Waals surface area contributed by atoms with Crippen molar-refractivity contribution < 1.29 is 14.2 Å². The molecular formula is C18H22O3. The number of hydrogen-bond acceptors (Lipinski definition) is 3. The van der Waals surface area contributed by atoms with E-state index in [0.717, 1.165) is 37.6 Å². The molecule has 0 unspecified atom stereocenters. The molecule has 3 nitrogen and oxygen atoms in total. The van der Waals surface area contributed by atoms with E-state index in [4.69, 9.17) is 14.2 Å². The molecule has 0 fully saturated rings. The Bertz CT molecular complexity index is 468. The Morgan fingerprint density at radius 1 is 0.619 bits per heavy atom. The van der Waals surface area contributed by atoms with Gasteiger partial charge >= 0.3 is 0 Å². The molecule has 0 amide bonds. The molecule has 0 saturated carbocycles. The zero-order chi connectivity index (χ0) is 14.9. The first-order valence-corrected chi connectivity index (χ1v) is 7.15. The van der Waals surface area contributed by atoms with Crippen LogP contribution >= 0.6 is 0 Å². The summed E-state index contributed by atoms with van der Waals surface area (Å²) in [6, 6.07) is 16.2. The summed E-state index contributed by atoms with van der Waals surface area (Å²) in [5.74, 6) is 1.78. The van der Waals surface area contributed by atoms with E-state index in [1.807, 2.05) is 24.3 Å². The number of ether oxygens (including phenoxy) is 3. The zero-order valence-corrected chi connectivity index (χ0v) is 12.7. The standard InChI is InChI=1S/C18H22O3/c1-19-17-7-3-15(4-8-17)11-13-21-14-12-16-5-9-18(20-2)10-6-16/h3-10H,11-14H2,1-2H3. The van der Waals surface area contributed by atoms with Gasteiger partial charge in [-0.15, -0.1) is 0 Å². The lowest BCUT2D eigenvalue weighted by Crippen LogP contribution is -2.03. The van der Waals surface area contributed by atoms with Gasteiger partial charge in [-0.1, -0.05) is 24.3 Å². The first-order valence-electron chi connectivity index (χ1n) is 7.15. The van der Waals surface area contributed by atoms with Crippen molar-refractivity contribution in [2.75, 3.05) is 27.4 Å². The maximum Gasteiger partial charge on any atom is 0.118 e. The van der Waals surface area contributed by atoms with Crippen molar-refractivity contribution >= 4 is 0 Å². The smallest absolute Gasteiger partial charge is 0.118 e. The van der Waals surface area contributed by atoms with Crippen molar-refractivity contribution in [1.29, 1.82) is 0 Å². The van der Waals surface area contributed by atoms with Gasteiger partial charge in [0.1, 0.15) is 11.5 Å². The Labute approximate surface area is 126 Å². The molecule has 112 valence electrons. The monoisotopic (exact) mass is 286 g/mol.